The topological polar surface area (TPSA) is 80.6 Å². The predicted molar refractivity (Wildman–Crippen MR) is 66.2 cm³/mol. The maximum absolute atomic E-state index is 11.4. The van der Waals surface area contributed by atoms with Gasteiger partial charge < -0.3 is 19.7 Å². The van der Waals surface area contributed by atoms with E-state index in [0.717, 1.165) is 0 Å². The number of hydrogen-bond donors (Lipinski definition) is 2. The van der Waals surface area contributed by atoms with Gasteiger partial charge >= 0.3 is 0 Å². The molecule has 0 radical (unpaired) electrons. The van der Waals surface area contributed by atoms with E-state index < -0.39 is 6.10 Å². The van der Waals surface area contributed by atoms with E-state index >= 15 is 0 Å². The molecule has 0 aromatic carbocycles. The molecule has 0 fully saturated rings. The summed E-state index contributed by atoms with van der Waals surface area (Å²) >= 11 is 0. The highest BCUT2D eigenvalue weighted by atomic mass is 16.5. The Bertz CT molecular complexity index is 430. The summed E-state index contributed by atoms with van der Waals surface area (Å²) in [6, 6.07) is 4.76. The fraction of sp³-hybridized carbons (Fsp3) is 0.500. The van der Waals surface area contributed by atoms with Crippen LogP contribution in [0.25, 0.3) is 0 Å². The number of pyridine rings is 1. The van der Waals surface area contributed by atoms with Crippen LogP contribution < -0.4 is 10.9 Å². The lowest BCUT2D eigenvalue weighted by molar-refractivity contribution is -0.126. The van der Waals surface area contributed by atoms with Crippen molar-refractivity contribution in [1.29, 1.82) is 0 Å². The van der Waals surface area contributed by atoms with Crippen molar-refractivity contribution in [2.24, 2.45) is 0 Å². The molecule has 1 aromatic heterocycles. The molecule has 2 N–H and O–H groups in total. The number of carbonyl (C=O) groups is 1. The molecule has 0 saturated carbocycles. The van der Waals surface area contributed by atoms with Crippen molar-refractivity contribution in [3.63, 3.8) is 0 Å². The first-order chi connectivity index (χ1) is 8.63. The van der Waals surface area contributed by atoms with Crippen molar-refractivity contribution >= 4 is 5.91 Å². The van der Waals surface area contributed by atoms with Crippen LogP contribution >= 0.6 is 0 Å². The summed E-state index contributed by atoms with van der Waals surface area (Å²) in [7, 11) is 0. The number of aliphatic hydroxyl groups is 1. The van der Waals surface area contributed by atoms with Crippen molar-refractivity contribution in [2.45, 2.75) is 19.6 Å². The standard InChI is InChI=1S/C12H18N2O4/c1-2-18-9-11(16)13-7-10(15)8-14-6-4-3-5-12(14)17/h3-6,10,15H,2,7-9H2,1H3,(H,13,16). The van der Waals surface area contributed by atoms with Crippen LogP contribution in [0.5, 0.6) is 0 Å². The summed E-state index contributed by atoms with van der Waals surface area (Å²) in [6.45, 7) is 2.48. The molecule has 1 amide bonds. The number of carbonyl (C=O) groups excluding carboxylic acids is 1. The molecule has 1 heterocycles. The second-order valence-electron chi connectivity index (χ2n) is 3.79. The Balaban J connectivity index is 2.34. The van der Waals surface area contributed by atoms with Gasteiger partial charge in [-0.1, -0.05) is 6.07 Å². The van der Waals surface area contributed by atoms with E-state index in [-0.39, 0.29) is 31.2 Å². The first kappa shape index (κ1) is 14.4. The van der Waals surface area contributed by atoms with E-state index in [9.17, 15) is 14.7 Å². The van der Waals surface area contributed by atoms with Gasteiger partial charge in [0.05, 0.1) is 12.6 Å². The van der Waals surface area contributed by atoms with Gasteiger partial charge in [0.1, 0.15) is 6.61 Å². The zero-order chi connectivity index (χ0) is 13.4. The molecule has 18 heavy (non-hydrogen) atoms. The number of ether oxygens (including phenoxy) is 1. The lowest BCUT2D eigenvalue weighted by atomic mass is 10.3. The van der Waals surface area contributed by atoms with Gasteiger partial charge in [0.25, 0.3) is 5.56 Å². The van der Waals surface area contributed by atoms with Crippen molar-refractivity contribution in [1.82, 2.24) is 9.88 Å². The minimum absolute atomic E-state index is 0.0193. The summed E-state index contributed by atoms with van der Waals surface area (Å²) in [6.07, 6.45) is 0.781. The smallest absolute Gasteiger partial charge is 0.250 e. The first-order valence-corrected chi connectivity index (χ1v) is 5.81. The first-order valence-electron chi connectivity index (χ1n) is 5.81. The maximum atomic E-state index is 11.4. The summed E-state index contributed by atoms with van der Waals surface area (Å²) in [5.74, 6) is -0.281. The molecule has 0 aliphatic heterocycles. The molecule has 0 saturated heterocycles. The Morgan fingerprint density at radius 3 is 3.00 bits per heavy atom. The van der Waals surface area contributed by atoms with Gasteiger partial charge in [-0.25, -0.2) is 0 Å². The number of aromatic nitrogens is 1. The van der Waals surface area contributed by atoms with Crippen molar-refractivity contribution < 1.29 is 14.6 Å². The molecule has 0 aliphatic carbocycles. The van der Waals surface area contributed by atoms with Gasteiger partial charge in [0.2, 0.25) is 5.91 Å². The Morgan fingerprint density at radius 1 is 1.56 bits per heavy atom. The highest BCUT2D eigenvalue weighted by Crippen LogP contribution is 1.88. The number of rotatable bonds is 7. The number of nitrogens with one attached hydrogen (secondary N) is 1. The summed E-state index contributed by atoms with van der Waals surface area (Å²) < 4.78 is 6.30. The minimum Gasteiger partial charge on any atom is -0.389 e. The van der Waals surface area contributed by atoms with Gasteiger partial charge in [-0.15, -0.1) is 0 Å². The molecule has 1 unspecified atom stereocenters. The van der Waals surface area contributed by atoms with Crippen LogP contribution in [0.15, 0.2) is 29.2 Å². The van der Waals surface area contributed by atoms with Crippen LogP contribution in [-0.2, 0) is 16.1 Å². The van der Waals surface area contributed by atoms with Crippen LogP contribution in [0, 0.1) is 0 Å². The average molecular weight is 254 g/mol. The van der Waals surface area contributed by atoms with Crippen molar-refractivity contribution in [3.8, 4) is 0 Å². The monoisotopic (exact) mass is 254 g/mol. The molecule has 100 valence electrons. The SMILES string of the molecule is CCOCC(=O)NCC(O)Cn1ccccc1=O. The highest BCUT2D eigenvalue weighted by Gasteiger charge is 2.08. The number of aliphatic hydroxyl groups excluding tert-OH is 1. The van der Waals surface area contributed by atoms with Crippen molar-refractivity contribution in [3.05, 3.63) is 34.7 Å². The Morgan fingerprint density at radius 2 is 2.33 bits per heavy atom. The number of amides is 1. The summed E-state index contributed by atoms with van der Waals surface area (Å²) in [4.78, 5) is 22.6. The van der Waals surface area contributed by atoms with Gasteiger partial charge in [-0.3, -0.25) is 9.59 Å². The fourth-order valence-corrected chi connectivity index (χ4v) is 1.38. The predicted octanol–water partition coefficient (Wildman–Crippen LogP) is -0.638. The van der Waals surface area contributed by atoms with E-state index in [1.807, 2.05) is 0 Å². The summed E-state index contributed by atoms with van der Waals surface area (Å²) in [5.41, 5.74) is -0.183. The highest BCUT2D eigenvalue weighted by molar-refractivity contribution is 5.77. The molecule has 6 heteroatoms. The minimum atomic E-state index is -0.810. The van der Waals surface area contributed by atoms with E-state index in [4.69, 9.17) is 4.74 Å². The van der Waals surface area contributed by atoms with Crippen LogP contribution in [0.4, 0.5) is 0 Å². The zero-order valence-corrected chi connectivity index (χ0v) is 10.3. The van der Waals surface area contributed by atoms with Crippen LogP contribution in [-0.4, -0.2) is 41.4 Å². The number of hydrogen-bond acceptors (Lipinski definition) is 4. The molecular formula is C12H18N2O4. The molecule has 0 bridgehead atoms. The molecular weight excluding hydrogens is 236 g/mol. The van der Waals surface area contributed by atoms with Gasteiger partial charge in [0, 0.05) is 25.4 Å². The normalized spacial score (nSPS) is 12.1. The van der Waals surface area contributed by atoms with Crippen LogP contribution in [0.1, 0.15) is 6.92 Å². The zero-order valence-electron chi connectivity index (χ0n) is 10.3. The third-order valence-electron chi connectivity index (χ3n) is 2.28. The van der Waals surface area contributed by atoms with Crippen molar-refractivity contribution in [2.75, 3.05) is 19.8 Å². The number of nitrogens with zero attached hydrogens (tertiary/aromatic N) is 1. The molecule has 1 aromatic rings. The Labute approximate surface area is 105 Å². The summed E-state index contributed by atoms with van der Waals surface area (Å²) in [5, 5.41) is 12.2. The Hall–Kier alpha value is -1.66. The third-order valence-corrected chi connectivity index (χ3v) is 2.28. The maximum Gasteiger partial charge on any atom is 0.250 e. The lowest BCUT2D eigenvalue weighted by Gasteiger charge is -2.13. The van der Waals surface area contributed by atoms with Crippen LogP contribution in [0.2, 0.25) is 0 Å². The van der Waals surface area contributed by atoms with E-state index in [1.165, 1.54) is 10.6 Å². The second-order valence-corrected chi connectivity index (χ2v) is 3.79. The molecule has 0 spiro atoms. The lowest BCUT2D eigenvalue weighted by Crippen LogP contribution is -2.37. The largest absolute Gasteiger partial charge is 0.389 e. The fourth-order valence-electron chi connectivity index (χ4n) is 1.38. The second kappa shape index (κ2) is 7.62. The average Bonchev–Trinajstić information content (AvgIpc) is 2.36. The van der Waals surface area contributed by atoms with Gasteiger partial charge in [-0.05, 0) is 13.0 Å². The van der Waals surface area contributed by atoms with Crippen LogP contribution in [0.3, 0.4) is 0 Å². The quantitative estimate of drug-likeness (QED) is 0.678. The molecule has 0 aliphatic rings. The van der Waals surface area contributed by atoms with E-state index in [0.29, 0.717) is 6.61 Å². The molecule has 1 rings (SSSR count). The molecule has 6 nitrogen and oxygen atoms in total. The Kier molecular flexibility index (Phi) is 6.10. The van der Waals surface area contributed by atoms with E-state index in [2.05, 4.69) is 5.32 Å². The van der Waals surface area contributed by atoms with Gasteiger partial charge in [0.15, 0.2) is 0 Å². The third kappa shape index (κ3) is 5.11. The van der Waals surface area contributed by atoms with E-state index in [1.54, 1.807) is 25.3 Å². The molecule has 1 atom stereocenters. The van der Waals surface area contributed by atoms with Gasteiger partial charge in [-0.2, -0.15) is 0 Å².